The number of nitrogens with one attached hydrogen (secondary N) is 2. The zero-order chi connectivity index (χ0) is 19.3. The van der Waals surface area contributed by atoms with Gasteiger partial charge in [0.15, 0.2) is 0 Å². The third-order valence-corrected chi connectivity index (χ3v) is 6.51. The van der Waals surface area contributed by atoms with Gasteiger partial charge in [-0.1, -0.05) is 19.3 Å². The Morgan fingerprint density at radius 3 is 2.26 bits per heavy atom. The van der Waals surface area contributed by atoms with E-state index in [4.69, 9.17) is 4.74 Å². The van der Waals surface area contributed by atoms with Gasteiger partial charge in [0.05, 0.1) is 6.61 Å². The molecule has 7 nitrogen and oxygen atoms in total. The van der Waals surface area contributed by atoms with E-state index in [1.54, 1.807) is 0 Å². The van der Waals surface area contributed by atoms with Crippen LogP contribution in [-0.2, 0) is 4.74 Å². The van der Waals surface area contributed by atoms with Crippen LogP contribution in [0.4, 0.5) is 9.59 Å². The van der Waals surface area contributed by atoms with Crippen molar-refractivity contribution >= 4 is 12.1 Å². The Labute approximate surface area is 163 Å². The minimum absolute atomic E-state index is 0.000847. The largest absolute Gasteiger partial charge is 0.450 e. The van der Waals surface area contributed by atoms with E-state index in [-0.39, 0.29) is 23.7 Å². The molecule has 27 heavy (non-hydrogen) atoms. The first-order valence-electron chi connectivity index (χ1n) is 10.7. The van der Waals surface area contributed by atoms with Crippen LogP contribution in [-0.4, -0.2) is 72.3 Å². The lowest BCUT2D eigenvalue weighted by atomic mass is 9.94. The summed E-state index contributed by atoms with van der Waals surface area (Å²) in [7, 11) is 0. The molecule has 2 aliphatic heterocycles. The quantitative estimate of drug-likeness (QED) is 0.786. The van der Waals surface area contributed by atoms with Crippen LogP contribution < -0.4 is 10.6 Å². The predicted molar refractivity (Wildman–Crippen MR) is 105 cm³/mol. The number of carbonyl (C=O) groups excluding carboxylic acids is 2. The summed E-state index contributed by atoms with van der Waals surface area (Å²) in [5.41, 5.74) is 0.0160. The van der Waals surface area contributed by atoms with Crippen LogP contribution in [0.3, 0.4) is 0 Å². The first kappa shape index (κ1) is 20.2. The number of likely N-dealkylation sites (tertiary alicyclic amines) is 2. The van der Waals surface area contributed by atoms with Crippen LogP contribution in [0.15, 0.2) is 0 Å². The van der Waals surface area contributed by atoms with E-state index >= 15 is 0 Å². The lowest BCUT2D eigenvalue weighted by molar-refractivity contribution is 0.0691. The molecular weight excluding hydrogens is 344 g/mol. The Kier molecular flexibility index (Phi) is 6.84. The molecule has 1 saturated carbocycles. The van der Waals surface area contributed by atoms with Crippen LogP contribution in [0.5, 0.6) is 0 Å². The smallest absolute Gasteiger partial charge is 0.409 e. The van der Waals surface area contributed by atoms with Gasteiger partial charge in [0.25, 0.3) is 0 Å². The van der Waals surface area contributed by atoms with Gasteiger partial charge in [0.2, 0.25) is 0 Å². The molecule has 7 heteroatoms. The summed E-state index contributed by atoms with van der Waals surface area (Å²) in [6.07, 6.45) is 8.69. The Bertz CT molecular complexity index is 515. The average Bonchev–Trinajstić information content (AvgIpc) is 3.07. The van der Waals surface area contributed by atoms with Crippen molar-refractivity contribution in [3.05, 3.63) is 0 Å². The number of rotatable bonds is 4. The summed E-state index contributed by atoms with van der Waals surface area (Å²) in [6, 6.07) is 0.599. The van der Waals surface area contributed by atoms with E-state index in [9.17, 15) is 9.59 Å². The maximum absolute atomic E-state index is 12.3. The standard InChI is InChI=1S/C20H36N4O3/c1-3-27-19(26)23-14-11-20(2,15-23)24-12-9-17(10-13-24)22-18(25)21-16-7-5-4-6-8-16/h16-17H,3-15H2,1-2H3,(H2,21,22,25). The molecule has 2 N–H and O–H groups in total. The number of piperidine rings is 1. The second-order valence-electron chi connectivity index (χ2n) is 8.58. The number of carbonyl (C=O) groups is 2. The fourth-order valence-electron chi connectivity index (χ4n) is 4.80. The summed E-state index contributed by atoms with van der Waals surface area (Å²) in [6.45, 7) is 7.92. The van der Waals surface area contributed by atoms with Crippen molar-refractivity contribution in [3.8, 4) is 0 Å². The molecule has 3 amide bonds. The van der Waals surface area contributed by atoms with Gasteiger partial charge in [-0.25, -0.2) is 9.59 Å². The first-order chi connectivity index (χ1) is 13.0. The van der Waals surface area contributed by atoms with E-state index in [2.05, 4.69) is 22.5 Å². The molecule has 3 aliphatic rings. The maximum Gasteiger partial charge on any atom is 0.409 e. The van der Waals surface area contributed by atoms with Gasteiger partial charge in [-0.05, 0) is 46.0 Å². The molecular formula is C20H36N4O3. The minimum atomic E-state index is -0.197. The number of amides is 3. The fourth-order valence-corrected chi connectivity index (χ4v) is 4.80. The Morgan fingerprint density at radius 1 is 1.00 bits per heavy atom. The third kappa shape index (κ3) is 5.27. The van der Waals surface area contributed by atoms with Crippen LogP contribution in [0, 0.1) is 0 Å². The van der Waals surface area contributed by atoms with Gasteiger partial charge >= 0.3 is 12.1 Å². The summed E-state index contributed by atoms with van der Waals surface area (Å²) in [5.74, 6) is 0. The summed E-state index contributed by atoms with van der Waals surface area (Å²) in [5, 5.41) is 6.32. The van der Waals surface area contributed by atoms with Gasteiger partial charge in [-0.15, -0.1) is 0 Å². The second kappa shape index (κ2) is 9.13. The molecule has 154 valence electrons. The molecule has 0 radical (unpaired) electrons. The van der Waals surface area contributed by atoms with E-state index in [1.807, 2.05) is 11.8 Å². The highest BCUT2D eigenvalue weighted by Gasteiger charge is 2.42. The molecule has 0 aromatic rings. The molecule has 1 atom stereocenters. The van der Waals surface area contributed by atoms with Crippen molar-refractivity contribution in [2.45, 2.75) is 82.8 Å². The van der Waals surface area contributed by atoms with E-state index < -0.39 is 0 Å². The molecule has 1 aliphatic carbocycles. The van der Waals surface area contributed by atoms with Crippen LogP contribution in [0.25, 0.3) is 0 Å². The Hall–Kier alpha value is -1.50. The number of nitrogens with zero attached hydrogens (tertiary/aromatic N) is 2. The first-order valence-corrected chi connectivity index (χ1v) is 10.7. The van der Waals surface area contributed by atoms with Crippen molar-refractivity contribution in [2.24, 2.45) is 0 Å². The fraction of sp³-hybridized carbons (Fsp3) is 0.900. The lowest BCUT2D eigenvalue weighted by Crippen LogP contribution is -2.56. The van der Waals surface area contributed by atoms with E-state index in [0.717, 1.165) is 58.3 Å². The predicted octanol–water partition coefficient (Wildman–Crippen LogP) is 2.70. The summed E-state index contributed by atoms with van der Waals surface area (Å²) >= 11 is 0. The zero-order valence-electron chi connectivity index (χ0n) is 17.0. The Balaban J connectivity index is 1.40. The van der Waals surface area contributed by atoms with Crippen molar-refractivity contribution in [1.82, 2.24) is 20.4 Å². The number of urea groups is 1. The van der Waals surface area contributed by atoms with Gasteiger partial charge in [-0.3, -0.25) is 4.90 Å². The van der Waals surface area contributed by atoms with Crippen LogP contribution in [0.2, 0.25) is 0 Å². The van der Waals surface area contributed by atoms with Crippen LogP contribution in [0.1, 0.15) is 65.2 Å². The van der Waals surface area contributed by atoms with Gasteiger partial charge < -0.3 is 20.3 Å². The topological polar surface area (TPSA) is 73.9 Å². The van der Waals surface area contributed by atoms with Crippen molar-refractivity contribution in [1.29, 1.82) is 0 Å². The maximum atomic E-state index is 12.3. The lowest BCUT2D eigenvalue weighted by Gasteiger charge is -2.43. The molecule has 0 bridgehead atoms. The monoisotopic (exact) mass is 380 g/mol. The number of hydrogen-bond donors (Lipinski definition) is 2. The van der Waals surface area contributed by atoms with Gasteiger partial charge in [0, 0.05) is 43.8 Å². The molecule has 1 unspecified atom stereocenters. The Morgan fingerprint density at radius 2 is 1.63 bits per heavy atom. The van der Waals surface area contributed by atoms with Gasteiger partial charge in [-0.2, -0.15) is 0 Å². The normalized spacial score (nSPS) is 28.1. The van der Waals surface area contributed by atoms with E-state index in [0.29, 0.717) is 12.6 Å². The molecule has 2 saturated heterocycles. The highest BCUT2D eigenvalue weighted by atomic mass is 16.6. The van der Waals surface area contributed by atoms with Crippen molar-refractivity contribution in [3.63, 3.8) is 0 Å². The molecule has 0 aromatic carbocycles. The summed E-state index contributed by atoms with van der Waals surface area (Å²) < 4.78 is 5.14. The van der Waals surface area contributed by atoms with Gasteiger partial charge in [0.1, 0.15) is 0 Å². The SMILES string of the molecule is CCOC(=O)N1CCC(C)(N2CCC(NC(=O)NC3CCCCC3)CC2)C1. The molecule has 0 aromatic heterocycles. The molecule has 0 spiro atoms. The average molecular weight is 381 g/mol. The summed E-state index contributed by atoms with van der Waals surface area (Å²) in [4.78, 5) is 28.6. The minimum Gasteiger partial charge on any atom is -0.450 e. The van der Waals surface area contributed by atoms with E-state index in [1.165, 1.54) is 19.3 Å². The molecule has 3 fully saturated rings. The zero-order valence-corrected chi connectivity index (χ0v) is 17.0. The van der Waals surface area contributed by atoms with Crippen LogP contribution >= 0.6 is 0 Å². The molecule has 3 rings (SSSR count). The highest BCUT2D eigenvalue weighted by Crippen LogP contribution is 2.30. The van der Waals surface area contributed by atoms with Crippen molar-refractivity contribution < 1.29 is 14.3 Å². The highest BCUT2D eigenvalue weighted by molar-refractivity contribution is 5.74. The number of ether oxygens (including phenoxy) is 1. The van der Waals surface area contributed by atoms with Crippen molar-refractivity contribution in [2.75, 3.05) is 32.8 Å². The number of hydrogen-bond acceptors (Lipinski definition) is 4. The molecule has 2 heterocycles. The second-order valence-corrected chi connectivity index (χ2v) is 8.58. The third-order valence-electron chi connectivity index (χ3n) is 6.51.